The number of nitrogens with one attached hydrogen (secondary N) is 1. The van der Waals surface area contributed by atoms with E-state index >= 15 is 0 Å². The number of rotatable bonds is 6. The van der Waals surface area contributed by atoms with Crippen LogP contribution in [0.4, 0.5) is 0 Å². The Hall–Kier alpha value is -2.24. The largest absolute Gasteiger partial charge is 0.496 e. The van der Waals surface area contributed by atoms with E-state index in [9.17, 15) is 4.79 Å². The molecule has 1 aromatic carbocycles. The summed E-state index contributed by atoms with van der Waals surface area (Å²) in [7, 11) is 4.70. The van der Waals surface area contributed by atoms with Crippen molar-refractivity contribution in [1.82, 2.24) is 5.43 Å². The van der Waals surface area contributed by atoms with E-state index in [0.717, 1.165) is 25.7 Å². The number of amides is 1. The molecule has 126 valence electrons. The van der Waals surface area contributed by atoms with E-state index in [0.29, 0.717) is 22.8 Å². The average molecular weight is 320 g/mol. The zero-order valence-corrected chi connectivity index (χ0v) is 13.9. The lowest BCUT2D eigenvalue weighted by atomic mass is 9.89. The molecule has 0 aliphatic heterocycles. The molecule has 1 saturated carbocycles. The van der Waals surface area contributed by atoms with Crippen LogP contribution in [0, 0.1) is 5.92 Å². The van der Waals surface area contributed by atoms with E-state index < -0.39 is 0 Å². The van der Waals surface area contributed by atoms with Crippen molar-refractivity contribution < 1.29 is 19.0 Å². The predicted molar refractivity (Wildman–Crippen MR) is 88.4 cm³/mol. The van der Waals surface area contributed by atoms with Gasteiger partial charge in [-0.1, -0.05) is 19.3 Å². The normalized spacial score (nSPS) is 15.4. The van der Waals surface area contributed by atoms with E-state index in [4.69, 9.17) is 14.2 Å². The smallest absolute Gasteiger partial charge is 0.243 e. The van der Waals surface area contributed by atoms with Crippen LogP contribution in [-0.2, 0) is 4.79 Å². The number of carbonyl (C=O) groups is 1. The van der Waals surface area contributed by atoms with Crippen molar-refractivity contribution in [3.8, 4) is 17.2 Å². The van der Waals surface area contributed by atoms with Gasteiger partial charge in [-0.15, -0.1) is 0 Å². The highest BCUT2D eigenvalue weighted by atomic mass is 16.5. The molecule has 0 radical (unpaired) electrons. The van der Waals surface area contributed by atoms with Gasteiger partial charge in [0.2, 0.25) is 5.91 Å². The third-order valence-corrected chi connectivity index (χ3v) is 4.09. The van der Waals surface area contributed by atoms with Gasteiger partial charge in [0.1, 0.15) is 5.75 Å². The Balaban J connectivity index is 2.07. The fourth-order valence-corrected chi connectivity index (χ4v) is 2.78. The van der Waals surface area contributed by atoms with Crippen LogP contribution in [0.3, 0.4) is 0 Å². The summed E-state index contributed by atoms with van der Waals surface area (Å²) in [6.07, 6.45) is 6.90. The Kier molecular flexibility index (Phi) is 6.26. The molecule has 1 fully saturated rings. The van der Waals surface area contributed by atoms with Crippen LogP contribution < -0.4 is 19.6 Å². The fraction of sp³-hybridized carbons (Fsp3) is 0.529. The fourth-order valence-electron chi connectivity index (χ4n) is 2.78. The molecule has 0 atom stereocenters. The zero-order valence-electron chi connectivity index (χ0n) is 13.9. The molecule has 0 heterocycles. The van der Waals surface area contributed by atoms with Gasteiger partial charge in [0.05, 0.1) is 27.5 Å². The summed E-state index contributed by atoms with van der Waals surface area (Å²) in [5, 5.41) is 4.06. The molecular formula is C17H24N2O4. The SMILES string of the molecule is COc1cc(OC)c(OC)cc1C=NNC(=O)C1CCCCC1. The maximum atomic E-state index is 12.1. The molecule has 0 spiro atoms. The molecule has 1 aromatic rings. The van der Waals surface area contributed by atoms with E-state index in [-0.39, 0.29) is 11.8 Å². The molecular weight excluding hydrogens is 296 g/mol. The second-order valence-electron chi connectivity index (χ2n) is 5.52. The number of methoxy groups -OCH3 is 3. The Bertz CT molecular complexity index is 566. The number of carbonyl (C=O) groups excluding carboxylic acids is 1. The summed E-state index contributed by atoms with van der Waals surface area (Å²) in [5.41, 5.74) is 3.32. The Morgan fingerprint density at radius 1 is 1.04 bits per heavy atom. The van der Waals surface area contributed by atoms with Crippen LogP contribution >= 0.6 is 0 Å². The van der Waals surface area contributed by atoms with E-state index in [1.807, 2.05) is 0 Å². The minimum absolute atomic E-state index is 0.0135. The van der Waals surface area contributed by atoms with Crippen molar-refractivity contribution in [1.29, 1.82) is 0 Å². The lowest BCUT2D eigenvalue weighted by molar-refractivity contribution is -0.125. The van der Waals surface area contributed by atoms with Crippen LogP contribution in [0.5, 0.6) is 17.2 Å². The average Bonchev–Trinajstić information content (AvgIpc) is 2.61. The number of nitrogens with zero attached hydrogens (tertiary/aromatic N) is 1. The van der Waals surface area contributed by atoms with Crippen molar-refractivity contribution in [2.75, 3.05) is 21.3 Å². The molecule has 2 rings (SSSR count). The third-order valence-electron chi connectivity index (χ3n) is 4.09. The Labute approximate surface area is 136 Å². The first-order chi connectivity index (χ1) is 11.2. The van der Waals surface area contributed by atoms with Crippen molar-refractivity contribution in [3.63, 3.8) is 0 Å². The summed E-state index contributed by atoms with van der Waals surface area (Å²) in [6.45, 7) is 0. The second-order valence-corrected chi connectivity index (χ2v) is 5.52. The highest BCUT2D eigenvalue weighted by Crippen LogP contribution is 2.33. The molecule has 6 heteroatoms. The highest BCUT2D eigenvalue weighted by Gasteiger charge is 2.20. The van der Waals surface area contributed by atoms with E-state index in [1.165, 1.54) is 6.42 Å². The van der Waals surface area contributed by atoms with E-state index in [1.54, 1.807) is 39.7 Å². The van der Waals surface area contributed by atoms with Gasteiger partial charge < -0.3 is 14.2 Å². The second kappa shape index (κ2) is 8.41. The first-order valence-electron chi connectivity index (χ1n) is 7.82. The van der Waals surface area contributed by atoms with Crippen molar-refractivity contribution in [2.24, 2.45) is 11.0 Å². The monoisotopic (exact) mass is 320 g/mol. The summed E-state index contributed by atoms with van der Waals surface area (Å²) in [6, 6.07) is 3.48. The summed E-state index contributed by atoms with van der Waals surface area (Å²) in [4.78, 5) is 12.1. The number of hydrazone groups is 1. The van der Waals surface area contributed by atoms with Crippen LogP contribution in [0.2, 0.25) is 0 Å². The molecule has 0 saturated heterocycles. The van der Waals surface area contributed by atoms with Gasteiger partial charge in [0.25, 0.3) is 0 Å². The third kappa shape index (κ3) is 4.37. The Morgan fingerprint density at radius 2 is 1.65 bits per heavy atom. The number of hydrogen-bond acceptors (Lipinski definition) is 5. The molecule has 0 bridgehead atoms. The maximum Gasteiger partial charge on any atom is 0.243 e. The van der Waals surface area contributed by atoms with Gasteiger partial charge in [-0.25, -0.2) is 5.43 Å². The van der Waals surface area contributed by atoms with Gasteiger partial charge in [0, 0.05) is 17.5 Å². The standard InChI is InChI=1S/C17H24N2O4/c1-21-14-10-16(23-3)15(22-2)9-13(14)11-18-19-17(20)12-7-5-4-6-8-12/h9-12H,4-8H2,1-3H3,(H,19,20). The minimum Gasteiger partial charge on any atom is -0.496 e. The molecule has 1 N–H and O–H groups in total. The summed E-state index contributed by atoms with van der Waals surface area (Å²) < 4.78 is 15.8. The van der Waals surface area contributed by atoms with E-state index in [2.05, 4.69) is 10.5 Å². The maximum absolute atomic E-state index is 12.1. The van der Waals surface area contributed by atoms with Crippen molar-refractivity contribution in [2.45, 2.75) is 32.1 Å². The lowest BCUT2D eigenvalue weighted by Crippen LogP contribution is -2.28. The van der Waals surface area contributed by atoms with Crippen LogP contribution in [0.25, 0.3) is 0 Å². The number of ether oxygens (including phenoxy) is 3. The van der Waals surface area contributed by atoms with Gasteiger partial charge in [-0.2, -0.15) is 5.10 Å². The first-order valence-corrected chi connectivity index (χ1v) is 7.82. The lowest BCUT2D eigenvalue weighted by Gasteiger charge is -2.19. The van der Waals surface area contributed by atoms with Crippen LogP contribution in [0.1, 0.15) is 37.7 Å². The Morgan fingerprint density at radius 3 is 2.26 bits per heavy atom. The molecule has 6 nitrogen and oxygen atoms in total. The van der Waals surface area contributed by atoms with Gasteiger partial charge in [-0.05, 0) is 18.9 Å². The van der Waals surface area contributed by atoms with Crippen molar-refractivity contribution in [3.05, 3.63) is 17.7 Å². The number of benzene rings is 1. The number of hydrogen-bond donors (Lipinski definition) is 1. The van der Waals surface area contributed by atoms with Crippen molar-refractivity contribution >= 4 is 12.1 Å². The first kappa shape index (κ1) is 17.1. The molecule has 23 heavy (non-hydrogen) atoms. The summed E-state index contributed by atoms with van der Waals surface area (Å²) >= 11 is 0. The predicted octanol–water partition coefficient (Wildman–Crippen LogP) is 2.74. The van der Waals surface area contributed by atoms with Gasteiger partial charge in [0.15, 0.2) is 11.5 Å². The topological polar surface area (TPSA) is 69.2 Å². The van der Waals surface area contributed by atoms with Gasteiger partial charge in [-0.3, -0.25) is 4.79 Å². The molecule has 1 amide bonds. The highest BCUT2D eigenvalue weighted by molar-refractivity contribution is 5.87. The van der Waals surface area contributed by atoms with Crippen LogP contribution in [-0.4, -0.2) is 33.5 Å². The molecule has 1 aliphatic carbocycles. The molecule has 0 aromatic heterocycles. The quantitative estimate of drug-likeness (QED) is 0.646. The minimum atomic E-state index is -0.0135. The molecule has 1 aliphatic rings. The molecule has 0 unspecified atom stereocenters. The summed E-state index contributed by atoms with van der Waals surface area (Å²) in [5.74, 6) is 1.81. The van der Waals surface area contributed by atoms with Crippen LogP contribution in [0.15, 0.2) is 17.2 Å². The zero-order chi connectivity index (χ0) is 16.7. The van der Waals surface area contributed by atoms with Gasteiger partial charge >= 0.3 is 0 Å².